The molecule has 6 nitrogen and oxygen atoms in total. The van der Waals surface area contributed by atoms with E-state index >= 15 is 9.59 Å². The molecule has 2 atom stereocenters. The number of esters is 2. The van der Waals surface area contributed by atoms with E-state index < -0.39 is 13.7 Å². The maximum Gasteiger partial charge on any atom is 0.324 e. The molecule has 8 bridgehead atoms. The standard InChI is InChI=1S/C56H70O6Si/c1-55(2,3)63(46-13-7-5-8-14-46,47-15-9-6-10-16-47)62-50-33-44(39-19-21-45(59-4)22-20-39)34-56(49-18-12-11-17-48(49)50,53(57)60-51-40-25-35-23-36(27-40)28-41(51)26-35)54(58)61-52-42-29-37-24-38(31-42)32-43(52)30-37/h5-10,13-16,19-22,35-38,40-44,49,51-52H,11-12,17-18,23-34H2,1-4H3/t35?,36?,37?,38?,40?,41?,42?,43?,44-,49-,51?,52?,56?/m0/s1. The minimum atomic E-state index is -3.10. The van der Waals surface area contributed by atoms with E-state index in [2.05, 4.69) is 93.6 Å². The van der Waals surface area contributed by atoms with Gasteiger partial charge in [-0.1, -0.05) is 100.0 Å². The Morgan fingerprint density at radius 3 is 1.54 bits per heavy atom. The van der Waals surface area contributed by atoms with E-state index in [9.17, 15) is 0 Å². The number of rotatable bonds is 10. The second-order valence-corrected chi connectivity index (χ2v) is 27.2. The zero-order chi connectivity index (χ0) is 43.1. The third-order valence-electron chi connectivity index (χ3n) is 18.3. The minimum absolute atomic E-state index is 0.123. The number of carbonyl (C=O) groups is 2. The van der Waals surface area contributed by atoms with E-state index in [-0.39, 0.29) is 41.0 Å². The highest BCUT2D eigenvalue weighted by Crippen LogP contribution is 2.60. The molecule has 0 heterocycles. The lowest BCUT2D eigenvalue weighted by molar-refractivity contribution is -0.203. The lowest BCUT2D eigenvalue weighted by Crippen LogP contribution is -2.66. The van der Waals surface area contributed by atoms with Gasteiger partial charge in [0.05, 0.1) is 12.9 Å². The number of allylic oxidation sites excluding steroid dienone is 2. The van der Waals surface area contributed by atoms with Gasteiger partial charge < -0.3 is 18.6 Å². The van der Waals surface area contributed by atoms with Gasteiger partial charge in [-0.25, -0.2) is 0 Å². The molecule has 3 aromatic carbocycles. The van der Waals surface area contributed by atoms with Crippen molar-refractivity contribution in [3.63, 3.8) is 0 Å². The van der Waals surface area contributed by atoms with E-state index in [4.69, 9.17) is 18.6 Å². The van der Waals surface area contributed by atoms with Gasteiger partial charge in [0.2, 0.25) is 0 Å². The van der Waals surface area contributed by atoms with Crippen molar-refractivity contribution in [3.8, 4) is 5.75 Å². The molecule has 10 aliphatic carbocycles. The first-order valence-electron chi connectivity index (χ1n) is 25.1. The number of hydrogen-bond acceptors (Lipinski definition) is 6. The SMILES string of the molecule is COc1ccc([C@H]2CC(O[Si](c3ccccc3)(c3ccccc3)C(C)(C)C)=C3CCCC[C@@H]3C(C(=O)OC3C4CC5CC(C4)CC3C5)(C(=O)OC3C4CC5CC(C4)CC3C5)C2)cc1. The second-order valence-electron chi connectivity index (χ2n) is 23.0. The van der Waals surface area contributed by atoms with Crippen molar-refractivity contribution in [1.82, 2.24) is 0 Å². The maximum atomic E-state index is 16.2. The topological polar surface area (TPSA) is 71.1 Å². The van der Waals surface area contributed by atoms with Crippen LogP contribution in [0.15, 0.2) is 96.3 Å². The van der Waals surface area contributed by atoms with Crippen LogP contribution >= 0.6 is 0 Å². The third-order valence-corrected chi connectivity index (χ3v) is 23.3. The molecule has 3 aromatic rings. The van der Waals surface area contributed by atoms with Crippen LogP contribution in [-0.2, 0) is 23.5 Å². The van der Waals surface area contributed by atoms with Crippen LogP contribution in [0.3, 0.4) is 0 Å². The van der Waals surface area contributed by atoms with E-state index in [1.165, 1.54) is 23.2 Å². The van der Waals surface area contributed by atoms with Crippen LogP contribution < -0.4 is 15.1 Å². The van der Waals surface area contributed by atoms with E-state index in [1.54, 1.807) is 7.11 Å². The van der Waals surface area contributed by atoms with E-state index in [1.807, 2.05) is 12.1 Å². The Morgan fingerprint density at radius 1 is 0.619 bits per heavy atom. The molecule has 63 heavy (non-hydrogen) atoms. The van der Waals surface area contributed by atoms with Crippen LogP contribution in [0.2, 0.25) is 5.04 Å². The molecular formula is C56H70O6Si. The molecule has 9 fully saturated rings. The van der Waals surface area contributed by atoms with Crippen molar-refractivity contribution in [2.75, 3.05) is 7.11 Å². The van der Waals surface area contributed by atoms with Gasteiger partial charge in [-0.05, 0) is 182 Å². The van der Waals surface area contributed by atoms with Crippen molar-refractivity contribution < 1.29 is 28.2 Å². The molecule has 0 unspecified atom stereocenters. The fraction of sp³-hybridized carbons (Fsp3) is 0.607. The lowest BCUT2D eigenvalue weighted by atomic mass is 9.55. The summed E-state index contributed by atoms with van der Waals surface area (Å²) in [5.74, 6) is 5.19. The van der Waals surface area contributed by atoms with E-state index in [0.29, 0.717) is 36.5 Å². The average Bonchev–Trinajstić information content (AvgIpc) is 3.43. The molecule has 7 heteroatoms. The van der Waals surface area contributed by atoms with Crippen LogP contribution in [0.5, 0.6) is 5.75 Å². The molecular weight excluding hydrogens is 797 g/mol. The Kier molecular flexibility index (Phi) is 10.8. The number of carbonyl (C=O) groups excluding carboxylic acids is 2. The highest BCUT2D eigenvalue weighted by atomic mass is 28.4. The van der Waals surface area contributed by atoms with Gasteiger partial charge in [0.1, 0.15) is 18.0 Å². The summed E-state index contributed by atoms with van der Waals surface area (Å²) in [4.78, 5) is 32.4. The molecule has 334 valence electrons. The Hall–Kier alpha value is -3.84. The molecule has 0 radical (unpaired) electrons. The summed E-state index contributed by atoms with van der Waals surface area (Å²) in [6.07, 6.45) is 16.0. The summed E-state index contributed by atoms with van der Waals surface area (Å²) in [5.41, 5.74) is 0.766. The molecule has 0 spiro atoms. The summed E-state index contributed by atoms with van der Waals surface area (Å²) in [6.45, 7) is 7.03. The number of hydrogen-bond donors (Lipinski definition) is 0. The summed E-state index contributed by atoms with van der Waals surface area (Å²) >= 11 is 0. The minimum Gasteiger partial charge on any atom is -0.537 e. The molecule has 13 rings (SSSR count). The zero-order valence-corrected chi connectivity index (χ0v) is 39.3. The lowest BCUT2D eigenvalue weighted by Gasteiger charge is -2.55. The Labute approximate surface area is 377 Å². The third kappa shape index (κ3) is 7.15. The van der Waals surface area contributed by atoms with Crippen LogP contribution in [0.25, 0.3) is 0 Å². The number of methoxy groups -OCH3 is 1. The molecule has 0 aromatic heterocycles. The Morgan fingerprint density at radius 2 is 1.10 bits per heavy atom. The van der Waals surface area contributed by atoms with Crippen LogP contribution in [-0.4, -0.2) is 39.6 Å². The summed E-state index contributed by atoms with van der Waals surface area (Å²) < 4.78 is 28.1. The van der Waals surface area contributed by atoms with Gasteiger partial charge in [-0.2, -0.15) is 0 Å². The monoisotopic (exact) mass is 866 g/mol. The number of benzene rings is 3. The maximum absolute atomic E-state index is 16.2. The van der Waals surface area contributed by atoms with Crippen LogP contribution in [0, 0.1) is 58.7 Å². The first kappa shape index (κ1) is 41.8. The molecule has 9 saturated carbocycles. The van der Waals surface area contributed by atoms with E-state index in [0.717, 1.165) is 123 Å². The summed E-state index contributed by atoms with van der Waals surface area (Å²) in [7, 11) is -1.39. The smallest absolute Gasteiger partial charge is 0.324 e. The fourth-order valence-corrected chi connectivity index (χ4v) is 20.5. The predicted octanol–water partition coefficient (Wildman–Crippen LogP) is 11.3. The fourth-order valence-electron chi connectivity index (χ4n) is 16.0. The zero-order valence-electron chi connectivity index (χ0n) is 38.3. The molecule has 0 saturated heterocycles. The summed E-state index contributed by atoms with van der Waals surface area (Å²) in [6, 6.07) is 30.2. The number of fused-ring (bicyclic) bond motifs is 1. The van der Waals surface area contributed by atoms with Crippen LogP contribution in [0.4, 0.5) is 0 Å². The van der Waals surface area contributed by atoms with Gasteiger partial charge >= 0.3 is 20.3 Å². The van der Waals surface area contributed by atoms with Gasteiger partial charge in [-0.3, -0.25) is 9.59 Å². The van der Waals surface area contributed by atoms with Crippen molar-refractivity contribution >= 4 is 30.6 Å². The van der Waals surface area contributed by atoms with Gasteiger partial charge in [-0.15, -0.1) is 0 Å². The first-order valence-corrected chi connectivity index (χ1v) is 27.0. The molecule has 0 amide bonds. The van der Waals surface area contributed by atoms with Crippen molar-refractivity contribution in [3.05, 3.63) is 102 Å². The quantitative estimate of drug-likeness (QED) is 0.115. The van der Waals surface area contributed by atoms with Crippen molar-refractivity contribution in [2.24, 2.45) is 58.7 Å². The molecule has 0 N–H and O–H groups in total. The highest BCUT2D eigenvalue weighted by Gasteiger charge is 2.63. The molecule has 0 aliphatic heterocycles. The van der Waals surface area contributed by atoms with Gasteiger partial charge in [0.15, 0.2) is 5.41 Å². The average molecular weight is 867 g/mol. The normalized spacial score (nSPS) is 36.6. The van der Waals surface area contributed by atoms with Gasteiger partial charge in [0, 0.05) is 12.3 Å². The highest BCUT2D eigenvalue weighted by molar-refractivity contribution is 6.99. The number of ether oxygens (including phenoxy) is 3. The Bertz CT molecular complexity index is 2040. The van der Waals surface area contributed by atoms with Crippen molar-refractivity contribution in [1.29, 1.82) is 0 Å². The second kappa shape index (κ2) is 16.2. The summed E-state index contributed by atoms with van der Waals surface area (Å²) in [5, 5.41) is 2.19. The van der Waals surface area contributed by atoms with Crippen LogP contribution in [0.1, 0.15) is 135 Å². The largest absolute Gasteiger partial charge is 0.537 e. The van der Waals surface area contributed by atoms with Gasteiger partial charge in [0.25, 0.3) is 0 Å². The predicted molar refractivity (Wildman–Crippen MR) is 249 cm³/mol. The van der Waals surface area contributed by atoms with Crippen molar-refractivity contribution in [2.45, 2.75) is 147 Å². The Balaban J connectivity index is 1.08. The molecule has 10 aliphatic rings. The first-order chi connectivity index (χ1) is 30.5.